The highest BCUT2D eigenvalue weighted by atomic mass is 35.5. The molecule has 0 radical (unpaired) electrons. The van der Waals surface area contributed by atoms with E-state index in [2.05, 4.69) is 28.4 Å². The molecular formula is C16H21Cl2N3. The monoisotopic (exact) mass is 325 g/mol. The van der Waals surface area contributed by atoms with Gasteiger partial charge in [0.25, 0.3) is 0 Å². The number of aromatic nitrogens is 3. The number of imidazole rings is 1. The van der Waals surface area contributed by atoms with Crippen LogP contribution in [0.5, 0.6) is 0 Å². The average Bonchev–Trinajstić information content (AvgIpc) is 2.76. The Morgan fingerprint density at radius 3 is 2.52 bits per heavy atom. The van der Waals surface area contributed by atoms with Crippen molar-refractivity contribution in [2.24, 2.45) is 11.8 Å². The molecule has 3 rings (SSSR count). The summed E-state index contributed by atoms with van der Waals surface area (Å²) in [4.78, 5) is 9.20. The smallest absolute Gasteiger partial charge is 0.160 e. The lowest BCUT2D eigenvalue weighted by Crippen LogP contribution is -2.24. The summed E-state index contributed by atoms with van der Waals surface area (Å²) in [5.41, 5.74) is 1.75. The van der Waals surface area contributed by atoms with E-state index < -0.39 is 0 Å². The van der Waals surface area contributed by atoms with Crippen molar-refractivity contribution in [2.75, 3.05) is 0 Å². The van der Waals surface area contributed by atoms with Gasteiger partial charge >= 0.3 is 0 Å². The number of alkyl halides is 1. The standard InChI is InChI=1S/C16H21Cl2N3/c1-9-4-10(2)6-13(5-9)21-15(11(3)17)20-14-7-12(18)8-19-16(14)21/h7-11,13H,4-6H2,1-3H3. The van der Waals surface area contributed by atoms with Crippen LogP contribution in [0.4, 0.5) is 0 Å². The van der Waals surface area contributed by atoms with Gasteiger partial charge in [-0.05, 0) is 44.1 Å². The number of fused-ring (bicyclic) bond motifs is 1. The molecule has 1 aliphatic rings. The van der Waals surface area contributed by atoms with Crippen LogP contribution < -0.4 is 0 Å². The fourth-order valence-electron chi connectivity index (χ4n) is 3.73. The minimum absolute atomic E-state index is 0.134. The van der Waals surface area contributed by atoms with E-state index in [9.17, 15) is 0 Å². The molecule has 1 saturated carbocycles. The largest absolute Gasteiger partial charge is 0.308 e. The minimum atomic E-state index is -0.134. The molecule has 21 heavy (non-hydrogen) atoms. The van der Waals surface area contributed by atoms with Gasteiger partial charge < -0.3 is 4.57 Å². The lowest BCUT2D eigenvalue weighted by molar-refractivity contribution is 0.221. The molecule has 5 heteroatoms. The summed E-state index contributed by atoms with van der Waals surface area (Å²) in [6.07, 6.45) is 5.32. The quantitative estimate of drug-likeness (QED) is 0.694. The zero-order valence-corrected chi connectivity index (χ0v) is 14.2. The van der Waals surface area contributed by atoms with E-state index in [4.69, 9.17) is 23.2 Å². The lowest BCUT2D eigenvalue weighted by Gasteiger charge is -2.33. The highest BCUT2D eigenvalue weighted by molar-refractivity contribution is 6.31. The molecule has 114 valence electrons. The maximum Gasteiger partial charge on any atom is 0.160 e. The van der Waals surface area contributed by atoms with Crippen molar-refractivity contribution in [1.82, 2.24) is 14.5 Å². The fourth-order valence-corrected chi connectivity index (χ4v) is 4.04. The number of hydrogen-bond acceptors (Lipinski definition) is 2. The van der Waals surface area contributed by atoms with Crippen LogP contribution in [0.2, 0.25) is 5.02 Å². The molecule has 1 aliphatic carbocycles. The van der Waals surface area contributed by atoms with Crippen LogP contribution in [-0.2, 0) is 0 Å². The molecular weight excluding hydrogens is 305 g/mol. The van der Waals surface area contributed by atoms with E-state index in [0.717, 1.165) is 41.7 Å². The maximum absolute atomic E-state index is 6.37. The molecule has 0 bridgehead atoms. The van der Waals surface area contributed by atoms with Crippen molar-refractivity contribution in [3.05, 3.63) is 23.1 Å². The molecule has 3 nitrogen and oxygen atoms in total. The van der Waals surface area contributed by atoms with Gasteiger partial charge in [-0.3, -0.25) is 0 Å². The molecule has 0 amide bonds. The molecule has 0 aliphatic heterocycles. The van der Waals surface area contributed by atoms with Gasteiger partial charge in [-0.15, -0.1) is 11.6 Å². The predicted octanol–water partition coefficient (Wildman–Crippen LogP) is 5.38. The minimum Gasteiger partial charge on any atom is -0.308 e. The molecule has 3 atom stereocenters. The maximum atomic E-state index is 6.37. The Morgan fingerprint density at radius 1 is 1.24 bits per heavy atom. The van der Waals surface area contributed by atoms with Crippen molar-refractivity contribution in [3.8, 4) is 0 Å². The van der Waals surface area contributed by atoms with Gasteiger partial charge in [-0.1, -0.05) is 25.4 Å². The SMILES string of the molecule is CC1CC(C)CC(n2c(C(C)Cl)nc3cc(Cl)cnc32)C1. The predicted molar refractivity (Wildman–Crippen MR) is 88.0 cm³/mol. The summed E-state index contributed by atoms with van der Waals surface area (Å²) < 4.78 is 2.26. The summed E-state index contributed by atoms with van der Waals surface area (Å²) >= 11 is 12.4. The molecule has 2 heterocycles. The number of nitrogens with zero attached hydrogens (tertiary/aromatic N) is 3. The molecule has 1 fully saturated rings. The van der Waals surface area contributed by atoms with Crippen LogP contribution in [0, 0.1) is 11.8 Å². The van der Waals surface area contributed by atoms with Crippen LogP contribution >= 0.6 is 23.2 Å². The van der Waals surface area contributed by atoms with Gasteiger partial charge in [-0.25, -0.2) is 9.97 Å². The molecule has 2 aromatic heterocycles. The summed E-state index contributed by atoms with van der Waals surface area (Å²) in [6.45, 7) is 6.63. The summed E-state index contributed by atoms with van der Waals surface area (Å²) in [7, 11) is 0. The third kappa shape index (κ3) is 2.91. The van der Waals surface area contributed by atoms with Gasteiger partial charge in [0.2, 0.25) is 0 Å². The first-order valence-electron chi connectivity index (χ1n) is 7.63. The Balaban J connectivity index is 2.13. The zero-order valence-electron chi connectivity index (χ0n) is 12.7. The van der Waals surface area contributed by atoms with Gasteiger partial charge in [-0.2, -0.15) is 0 Å². The van der Waals surface area contributed by atoms with Gasteiger partial charge in [0.05, 0.1) is 10.4 Å². The Labute approximate surface area is 135 Å². The highest BCUT2D eigenvalue weighted by Crippen LogP contribution is 2.39. The normalized spacial score (nSPS) is 28.0. The van der Waals surface area contributed by atoms with Crippen LogP contribution in [0.15, 0.2) is 12.3 Å². The number of hydrogen-bond donors (Lipinski definition) is 0. The van der Waals surface area contributed by atoms with Crippen LogP contribution in [0.25, 0.3) is 11.2 Å². The Bertz CT molecular complexity index is 640. The van der Waals surface area contributed by atoms with Crippen molar-refractivity contribution in [1.29, 1.82) is 0 Å². The second kappa shape index (κ2) is 5.77. The second-order valence-corrected chi connectivity index (χ2v) is 7.61. The molecule has 3 unspecified atom stereocenters. The summed E-state index contributed by atoms with van der Waals surface area (Å²) in [5.74, 6) is 2.36. The van der Waals surface area contributed by atoms with Crippen LogP contribution in [0.1, 0.15) is 57.3 Å². The lowest BCUT2D eigenvalue weighted by atomic mass is 9.80. The molecule has 2 aromatic rings. The van der Waals surface area contributed by atoms with E-state index in [-0.39, 0.29) is 5.38 Å². The van der Waals surface area contributed by atoms with Crippen LogP contribution in [0.3, 0.4) is 0 Å². The van der Waals surface area contributed by atoms with E-state index in [1.807, 2.05) is 13.0 Å². The summed E-state index contributed by atoms with van der Waals surface area (Å²) in [6, 6.07) is 2.30. The first kappa shape index (κ1) is 15.1. The van der Waals surface area contributed by atoms with Gasteiger partial charge in [0, 0.05) is 12.2 Å². The fraction of sp³-hybridized carbons (Fsp3) is 0.625. The van der Waals surface area contributed by atoms with Crippen molar-refractivity contribution < 1.29 is 0 Å². The number of halogens is 2. The first-order valence-corrected chi connectivity index (χ1v) is 8.44. The van der Waals surface area contributed by atoms with E-state index in [0.29, 0.717) is 11.1 Å². The van der Waals surface area contributed by atoms with E-state index in [1.165, 1.54) is 6.42 Å². The number of pyridine rings is 1. The highest BCUT2D eigenvalue weighted by Gasteiger charge is 2.29. The third-order valence-corrected chi connectivity index (χ3v) is 4.80. The van der Waals surface area contributed by atoms with Crippen molar-refractivity contribution in [3.63, 3.8) is 0 Å². The third-order valence-electron chi connectivity index (χ3n) is 4.40. The van der Waals surface area contributed by atoms with Gasteiger partial charge in [0.1, 0.15) is 11.3 Å². The van der Waals surface area contributed by atoms with Crippen LogP contribution in [-0.4, -0.2) is 14.5 Å². The van der Waals surface area contributed by atoms with E-state index >= 15 is 0 Å². The molecule has 0 saturated heterocycles. The topological polar surface area (TPSA) is 30.7 Å². The zero-order chi connectivity index (χ0) is 15.1. The second-order valence-electron chi connectivity index (χ2n) is 6.52. The molecule has 0 spiro atoms. The van der Waals surface area contributed by atoms with Crippen molar-refractivity contribution in [2.45, 2.75) is 51.5 Å². The van der Waals surface area contributed by atoms with Crippen molar-refractivity contribution >= 4 is 34.4 Å². The summed E-state index contributed by atoms with van der Waals surface area (Å²) in [5, 5.41) is 0.483. The average molecular weight is 326 g/mol. The Morgan fingerprint density at radius 2 is 1.90 bits per heavy atom. The van der Waals surface area contributed by atoms with Gasteiger partial charge in [0.15, 0.2) is 5.65 Å². The Hall–Kier alpha value is -0.800. The first-order chi connectivity index (χ1) is 9.95. The van der Waals surface area contributed by atoms with E-state index in [1.54, 1.807) is 6.20 Å². The number of rotatable bonds is 2. The molecule has 0 aromatic carbocycles. The Kier molecular flexibility index (Phi) is 4.15. The molecule has 0 N–H and O–H groups in total.